The Labute approximate surface area is 146 Å². The molecule has 1 N–H and O–H groups in total. The van der Waals surface area contributed by atoms with Crippen molar-refractivity contribution < 1.29 is 24.2 Å². The molecule has 0 saturated carbocycles. The van der Waals surface area contributed by atoms with Crippen LogP contribution in [0.1, 0.15) is 32.1 Å². The third-order valence-corrected chi connectivity index (χ3v) is 4.67. The van der Waals surface area contributed by atoms with Crippen molar-refractivity contribution in [2.24, 2.45) is 0 Å². The third kappa shape index (κ3) is 3.92. The van der Waals surface area contributed by atoms with Crippen molar-refractivity contribution in [1.29, 1.82) is 0 Å². The average Bonchev–Trinajstić information content (AvgIpc) is 3.06. The fourth-order valence-corrected chi connectivity index (χ4v) is 3.38. The lowest BCUT2D eigenvalue weighted by Gasteiger charge is -2.32. The van der Waals surface area contributed by atoms with Crippen molar-refractivity contribution in [2.75, 3.05) is 24.6 Å². The van der Waals surface area contributed by atoms with E-state index in [2.05, 4.69) is 0 Å². The zero-order chi connectivity index (χ0) is 17.8. The van der Waals surface area contributed by atoms with Gasteiger partial charge in [0.05, 0.1) is 0 Å². The zero-order valence-electron chi connectivity index (χ0n) is 14.0. The lowest BCUT2D eigenvalue weighted by molar-refractivity contribution is -0.152. The van der Waals surface area contributed by atoms with E-state index in [1.807, 2.05) is 6.07 Å². The number of ether oxygens (including phenoxy) is 1. The Hall–Kier alpha value is -2.57. The first kappa shape index (κ1) is 17.3. The number of carboxylic acid groups (broad SMARTS) is 1. The van der Waals surface area contributed by atoms with Gasteiger partial charge in [-0.2, -0.15) is 0 Å². The van der Waals surface area contributed by atoms with Gasteiger partial charge < -0.3 is 19.6 Å². The number of likely N-dealkylation sites (tertiary alicyclic amines) is 1. The standard InChI is InChI=1S/C18H22N2O5/c21-16-8-4-10-19(16)13-5-3-6-14(11-13)25-12-17(22)20-9-2-1-7-15(20)18(23)24/h3,5-6,11,15H,1-2,4,7-10,12H2,(H,23,24)/t15-/m0/s1. The van der Waals surface area contributed by atoms with Crippen LogP contribution < -0.4 is 9.64 Å². The number of hydrogen-bond acceptors (Lipinski definition) is 4. The highest BCUT2D eigenvalue weighted by Gasteiger charge is 2.32. The van der Waals surface area contributed by atoms with Crippen molar-refractivity contribution in [2.45, 2.75) is 38.1 Å². The first-order chi connectivity index (χ1) is 12.1. The van der Waals surface area contributed by atoms with E-state index in [4.69, 9.17) is 4.74 Å². The van der Waals surface area contributed by atoms with E-state index >= 15 is 0 Å². The highest BCUT2D eigenvalue weighted by atomic mass is 16.5. The summed E-state index contributed by atoms with van der Waals surface area (Å²) in [6, 6.07) is 6.31. The van der Waals surface area contributed by atoms with Gasteiger partial charge in [0.25, 0.3) is 5.91 Å². The minimum Gasteiger partial charge on any atom is -0.484 e. The van der Waals surface area contributed by atoms with Gasteiger partial charge in [-0.15, -0.1) is 0 Å². The molecule has 0 aromatic heterocycles. The van der Waals surface area contributed by atoms with Crippen LogP contribution in [0.3, 0.4) is 0 Å². The van der Waals surface area contributed by atoms with E-state index in [0.717, 1.165) is 24.9 Å². The predicted octanol–water partition coefficient (Wildman–Crippen LogP) is 1.66. The van der Waals surface area contributed by atoms with Gasteiger partial charge >= 0.3 is 5.97 Å². The Balaban J connectivity index is 1.62. The van der Waals surface area contributed by atoms with Crippen LogP contribution in [0.4, 0.5) is 5.69 Å². The van der Waals surface area contributed by atoms with Crippen molar-refractivity contribution in [3.05, 3.63) is 24.3 Å². The van der Waals surface area contributed by atoms with E-state index < -0.39 is 12.0 Å². The molecule has 0 aliphatic carbocycles. The molecule has 7 heteroatoms. The highest BCUT2D eigenvalue weighted by molar-refractivity contribution is 5.95. The number of anilines is 1. The summed E-state index contributed by atoms with van der Waals surface area (Å²) in [7, 11) is 0. The number of carbonyl (C=O) groups excluding carboxylic acids is 2. The number of carboxylic acids is 1. The van der Waals surface area contributed by atoms with Crippen molar-refractivity contribution in [1.82, 2.24) is 4.90 Å². The van der Waals surface area contributed by atoms with E-state index in [0.29, 0.717) is 31.7 Å². The number of rotatable bonds is 5. The van der Waals surface area contributed by atoms with Gasteiger partial charge in [-0.3, -0.25) is 9.59 Å². The summed E-state index contributed by atoms with van der Waals surface area (Å²) in [6.45, 7) is 0.929. The third-order valence-electron chi connectivity index (χ3n) is 4.67. The highest BCUT2D eigenvalue weighted by Crippen LogP contribution is 2.25. The van der Waals surface area contributed by atoms with Gasteiger partial charge in [-0.1, -0.05) is 6.07 Å². The van der Waals surface area contributed by atoms with Crippen LogP contribution in [0.5, 0.6) is 5.75 Å². The summed E-state index contributed by atoms with van der Waals surface area (Å²) in [4.78, 5) is 38.6. The lowest BCUT2D eigenvalue weighted by atomic mass is 10.0. The SMILES string of the molecule is O=C(O)[C@@H]1CCCCN1C(=O)COc1cccc(N2CCCC2=O)c1. The maximum atomic E-state index is 12.4. The number of carbonyl (C=O) groups is 3. The summed E-state index contributed by atoms with van der Waals surface area (Å²) < 4.78 is 5.56. The Morgan fingerprint density at radius 3 is 2.76 bits per heavy atom. The predicted molar refractivity (Wildman–Crippen MR) is 90.5 cm³/mol. The molecule has 1 aromatic carbocycles. The number of aliphatic carboxylic acids is 1. The number of hydrogen-bond donors (Lipinski definition) is 1. The largest absolute Gasteiger partial charge is 0.484 e. The smallest absolute Gasteiger partial charge is 0.326 e. The summed E-state index contributed by atoms with van der Waals surface area (Å²) in [6.07, 6.45) is 3.49. The first-order valence-electron chi connectivity index (χ1n) is 8.62. The second-order valence-electron chi connectivity index (χ2n) is 6.37. The molecule has 1 atom stereocenters. The molecule has 7 nitrogen and oxygen atoms in total. The summed E-state index contributed by atoms with van der Waals surface area (Å²) >= 11 is 0. The first-order valence-corrected chi connectivity index (χ1v) is 8.62. The second kappa shape index (κ2) is 7.55. The molecule has 0 spiro atoms. The number of piperidine rings is 1. The number of nitrogens with zero attached hydrogens (tertiary/aromatic N) is 2. The molecule has 2 heterocycles. The second-order valence-corrected chi connectivity index (χ2v) is 6.37. The molecule has 2 aliphatic rings. The molecule has 134 valence electrons. The Morgan fingerprint density at radius 1 is 1.20 bits per heavy atom. The molecule has 0 bridgehead atoms. The van der Waals surface area contributed by atoms with Crippen molar-refractivity contribution >= 4 is 23.5 Å². The summed E-state index contributed by atoms with van der Waals surface area (Å²) in [5, 5.41) is 9.25. The number of benzene rings is 1. The maximum absolute atomic E-state index is 12.4. The minimum absolute atomic E-state index is 0.0887. The lowest BCUT2D eigenvalue weighted by Crippen LogP contribution is -2.49. The van der Waals surface area contributed by atoms with Crippen LogP contribution in [-0.4, -0.2) is 53.5 Å². The molecule has 2 aliphatic heterocycles. The fraction of sp³-hybridized carbons (Fsp3) is 0.500. The van der Waals surface area contributed by atoms with Crippen LogP contribution in [-0.2, 0) is 14.4 Å². The quantitative estimate of drug-likeness (QED) is 0.876. The van der Waals surface area contributed by atoms with E-state index in [-0.39, 0.29) is 18.4 Å². The molecule has 0 radical (unpaired) electrons. The van der Waals surface area contributed by atoms with Crippen LogP contribution >= 0.6 is 0 Å². The molecule has 25 heavy (non-hydrogen) atoms. The van der Waals surface area contributed by atoms with Crippen molar-refractivity contribution in [3.63, 3.8) is 0 Å². The van der Waals surface area contributed by atoms with Gasteiger partial charge in [-0.05, 0) is 37.8 Å². The molecule has 2 amide bonds. The molecular formula is C18H22N2O5. The van der Waals surface area contributed by atoms with Crippen LogP contribution in [0, 0.1) is 0 Å². The Kier molecular flexibility index (Phi) is 5.21. The summed E-state index contributed by atoms with van der Waals surface area (Å²) in [5.74, 6) is -0.711. The molecular weight excluding hydrogens is 324 g/mol. The topological polar surface area (TPSA) is 87.2 Å². The molecule has 3 rings (SSSR count). The molecule has 2 fully saturated rings. The van der Waals surface area contributed by atoms with E-state index in [1.165, 1.54) is 4.90 Å². The molecule has 1 aromatic rings. The van der Waals surface area contributed by atoms with Crippen LogP contribution in [0.2, 0.25) is 0 Å². The molecule has 2 saturated heterocycles. The van der Waals surface area contributed by atoms with Crippen molar-refractivity contribution in [3.8, 4) is 5.75 Å². The van der Waals surface area contributed by atoms with E-state index in [9.17, 15) is 19.5 Å². The fourth-order valence-electron chi connectivity index (χ4n) is 3.38. The van der Waals surface area contributed by atoms with Gasteiger partial charge in [0, 0.05) is 31.3 Å². The Morgan fingerprint density at radius 2 is 2.04 bits per heavy atom. The van der Waals surface area contributed by atoms with Crippen LogP contribution in [0.25, 0.3) is 0 Å². The minimum atomic E-state index is -0.970. The maximum Gasteiger partial charge on any atom is 0.326 e. The normalized spacial score (nSPS) is 20.6. The van der Waals surface area contributed by atoms with Gasteiger partial charge in [0.15, 0.2) is 6.61 Å². The average molecular weight is 346 g/mol. The Bertz CT molecular complexity index is 675. The van der Waals surface area contributed by atoms with Crippen LogP contribution in [0.15, 0.2) is 24.3 Å². The van der Waals surface area contributed by atoms with Gasteiger partial charge in [0.2, 0.25) is 5.91 Å². The number of amides is 2. The zero-order valence-corrected chi connectivity index (χ0v) is 14.0. The van der Waals surface area contributed by atoms with E-state index in [1.54, 1.807) is 23.1 Å². The summed E-state index contributed by atoms with van der Waals surface area (Å²) in [5.41, 5.74) is 0.758. The van der Waals surface area contributed by atoms with Gasteiger partial charge in [-0.25, -0.2) is 4.79 Å². The monoisotopic (exact) mass is 346 g/mol. The van der Waals surface area contributed by atoms with Gasteiger partial charge in [0.1, 0.15) is 11.8 Å². The molecule has 0 unspecified atom stereocenters.